The van der Waals surface area contributed by atoms with E-state index in [1.807, 2.05) is 61.5 Å². The Morgan fingerprint density at radius 1 is 1.04 bits per heavy atom. The average molecular weight is 375 g/mol. The summed E-state index contributed by atoms with van der Waals surface area (Å²) in [5, 5.41) is 3.04. The summed E-state index contributed by atoms with van der Waals surface area (Å²) >= 11 is 0. The second-order valence-corrected chi connectivity index (χ2v) is 6.51. The van der Waals surface area contributed by atoms with Crippen molar-refractivity contribution in [3.8, 4) is 16.9 Å². The number of hydrogen-bond acceptors (Lipinski definition) is 3. The highest BCUT2D eigenvalue weighted by Crippen LogP contribution is 2.26. The molecule has 0 fully saturated rings. The second-order valence-electron chi connectivity index (χ2n) is 6.51. The Morgan fingerprint density at radius 3 is 2.43 bits per heavy atom. The molecule has 0 spiro atoms. The minimum absolute atomic E-state index is 0.216. The van der Waals surface area contributed by atoms with E-state index in [0.29, 0.717) is 11.3 Å². The Kier molecular flexibility index (Phi) is 6.22. The van der Waals surface area contributed by atoms with E-state index in [4.69, 9.17) is 4.74 Å². The van der Waals surface area contributed by atoms with E-state index in [0.717, 1.165) is 16.8 Å². The molecule has 28 heavy (non-hydrogen) atoms. The lowest BCUT2D eigenvalue weighted by atomic mass is 10.1. The third-order valence-electron chi connectivity index (χ3n) is 4.29. The van der Waals surface area contributed by atoms with Crippen molar-refractivity contribution in [1.29, 1.82) is 0 Å². The molecule has 0 saturated carbocycles. The van der Waals surface area contributed by atoms with Crippen LogP contribution in [0.4, 0.5) is 10.1 Å². The first kappa shape index (κ1) is 19.4. The molecule has 1 atom stereocenters. The van der Waals surface area contributed by atoms with Gasteiger partial charge in [-0.25, -0.2) is 4.39 Å². The fraction of sp³-hybridized carbons (Fsp3) is 0.125. The van der Waals surface area contributed by atoms with Gasteiger partial charge in [-0.2, -0.15) is 0 Å². The van der Waals surface area contributed by atoms with Crippen LogP contribution in [0.15, 0.2) is 85.1 Å². The van der Waals surface area contributed by atoms with Gasteiger partial charge in [0.15, 0.2) is 11.9 Å². The van der Waals surface area contributed by atoms with Crippen LogP contribution in [0.2, 0.25) is 0 Å². The van der Waals surface area contributed by atoms with Gasteiger partial charge in [0.1, 0.15) is 11.6 Å². The van der Waals surface area contributed by atoms with Gasteiger partial charge in [-0.05, 0) is 43.7 Å². The summed E-state index contributed by atoms with van der Waals surface area (Å²) in [6, 6.07) is 21.8. The number of anilines is 1. The summed E-state index contributed by atoms with van der Waals surface area (Å²) in [4.78, 5) is 12.2. The first-order chi connectivity index (χ1) is 13.5. The number of halogens is 1. The Hall–Kier alpha value is -3.40. The van der Waals surface area contributed by atoms with Crippen molar-refractivity contribution < 1.29 is 13.9 Å². The third kappa shape index (κ3) is 5.07. The van der Waals surface area contributed by atoms with E-state index in [9.17, 15) is 9.18 Å². The van der Waals surface area contributed by atoms with Crippen molar-refractivity contribution in [1.82, 2.24) is 0 Å². The summed E-state index contributed by atoms with van der Waals surface area (Å²) in [5.74, 6) is -0.287. The van der Waals surface area contributed by atoms with Crippen LogP contribution < -0.4 is 10.1 Å². The predicted octanol–water partition coefficient (Wildman–Crippen LogP) is 5.76. The van der Waals surface area contributed by atoms with E-state index in [2.05, 4.69) is 5.32 Å². The topological polar surface area (TPSA) is 38.3 Å². The Labute approximate surface area is 164 Å². The molecule has 0 aliphatic rings. The molecule has 1 N–H and O–H groups in total. The first-order valence-electron chi connectivity index (χ1n) is 9.08. The van der Waals surface area contributed by atoms with Crippen molar-refractivity contribution in [3.05, 3.63) is 96.5 Å². The van der Waals surface area contributed by atoms with Crippen LogP contribution in [0.3, 0.4) is 0 Å². The van der Waals surface area contributed by atoms with Crippen LogP contribution in [-0.2, 0) is 4.79 Å². The summed E-state index contributed by atoms with van der Waals surface area (Å²) in [7, 11) is 0. The number of carbonyl (C=O) groups is 1. The van der Waals surface area contributed by atoms with Crippen molar-refractivity contribution in [2.45, 2.75) is 20.0 Å². The van der Waals surface area contributed by atoms with Crippen molar-refractivity contribution in [2.75, 3.05) is 5.32 Å². The molecule has 3 aromatic rings. The minimum Gasteiger partial charge on any atom is -0.482 e. The van der Waals surface area contributed by atoms with Crippen LogP contribution in [-0.4, -0.2) is 11.9 Å². The third-order valence-corrected chi connectivity index (χ3v) is 4.29. The first-order valence-corrected chi connectivity index (χ1v) is 9.08. The van der Waals surface area contributed by atoms with Gasteiger partial charge in [-0.15, -0.1) is 0 Å². The van der Waals surface area contributed by atoms with Gasteiger partial charge in [0.2, 0.25) is 0 Å². The molecule has 0 aliphatic heterocycles. The van der Waals surface area contributed by atoms with Gasteiger partial charge in [-0.1, -0.05) is 48.0 Å². The molecular formula is C24H22FNO2. The smallest absolute Gasteiger partial charge is 0.197 e. The predicted molar refractivity (Wildman–Crippen MR) is 111 cm³/mol. The van der Waals surface area contributed by atoms with Crippen molar-refractivity contribution >= 4 is 11.5 Å². The number of nitrogens with one attached hydrogen (secondary N) is 1. The van der Waals surface area contributed by atoms with Gasteiger partial charge in [0, 0.05) is 29.6 Å². The summed E-state index contributed by atoms with van der Waals surface area (Å²) in [5.41, 5.74) is 3.34. The highest BCUT2D eigenvalue weighted by molar-refractivity contribution is 5.93. The molecule has 0 bridgehead atoms. The Bertz CT molecular complexity index is 966. The van der Waals surface area contributed by atoms with Gasteiger partial charge < -0.3 is 10.1 Å². The number of hydrogen-bond donors (Lipinski definition) is 1. The van der Waals surface area contributed by atoms with E-state index in [1.165, 1.54) is 12.1 Å². The zero-order valence-corrected chi connectivity index (χ0v) is 15.9. The molecule has 0 radical (unpaired) electrons. The van der Waals surface area contributed by atoms with E-state index in [1.54, 1.807) is 25.3 Å². The number of carbonyl (C=O) groups excluding carboxylic acids is 1. The van der Waals surface area contributed by atoms with Crippen molar-refractivity contribution in [3.63, 3.8) is 0 Å². The Morgan fingerprint density at radius 2 is 1.75 bits per heavy atom. The molecule has 0 saturated heterocycles. The lowest BCUT2D eigenvalue weighted by Crippen LogP contribution is -2.22. The monoisotopic (exact) mass is 375 g/mol. The molecule has 0 aromatic heterocycles. The van der Waals surface area contributed by atoms with Gasteiger partial charge in [0.25, 0.3) is 0 Å². The molecule has 142 valence electrons. The molecule has 3 rings (SSSR count). The van der Waals surface area contributed by atoms with Crippen LogP contribution in [0.1, 0.15) is 12.5 Å². The fourth-order valence-electron chi connectivity index (χ4n) is 2.69. The standard InChI is InChI=1S/C24H22FNO2/c1-17-8-10-20(11-9-17)26-15-14-24(27)18(2)28-21-12-13-22(23(25)16-21)19-6-4-3-5-7-19/h3-16,18,26H,1-2H3/b15-14+/t18-/m1/s1. The molecule has 0 amide bonds. The molecule has 3 aromatic carbocycles. The van der Waals surface area contributed by atoms with Crippen LogP contribution in [0.25, 0.3) is 11.1 Å². The molecule has 0 unspecified atom stereocenters. The maximum Gasteiger partial charge on any atom is 0.197 e. The van der Waals surface area contributed by atoms with Gasteiger partial charge in [-0.3, -0.25) is 4.79 Å². The van der Waals surface area contributed by atoms with E-state index >= 15 is 0 Å². The average Bonchev–Trinajstić information content (AvgIpc) is 2.70. The summed E-state index contributed by atoms with van der Waals surface area (Å²) in [6.07, 6.45) is 2.27. The maximum absolute atomic E-state index is 14.4. The summed E-state index contributed by atoms with van der Waals surface area (Å²) < 4.78 is 20.0. The number of rotatable bonds is 7. The highest BCUT2D eigenvalue weighted by atomic mass is 19.1. The van der Waals surface area contributed by atoms with E-state index < -0.39 is 6.10 Å². The molecular weight excluding hydrogens is 353 g/mol. The summed E-state index contributed by atoms with van der Waals surface area (Å²) in [6.45, 7) is 3.65. The van der Waals surface area contributed by atoms with Gasteiger partial charge in [0.05, 0.1) is 0 Å². The molecule has 3 nitrogen and oxygen atoms in total. The van der Waals surface area contributed by atoms with Crippen LogP contribution in [0, 0.1) is 12.7 Å². The zero-order chi connectivity index (χ0) is 19.9. The maximum atomic E-state index is 14.4. The Balaban J connectivity index is 1.59. The number of benzene rings is 3. The number of aryl methyl sites for hydroxylation is 1. The lowest BCUT2D eigenvalue weighted by Gasteiger charge is -2.13. The second kappa shape index (κ2) is 9.00. The molecule has 4 heteroatoms. The number of ketones is 1. The van der Waals surface area contributed by atoms with E-state index in [-0.39, 0.29) is 11.6 Å². The lowest BCUT2D eigenvalue weighted by molar-refractivity contribution is -0.120. The van der Waals surface area contributed by atoms with Crippen molar-refractivity contribution in [2.24, 2.45) is 0 Å². The van der Waals surface area contributed by atoms with Crippen LogP contribution in [0.5, 0.6) is 5.75 Å². The van der Waals surface area contributed by atoms with Crippen LogP contribution >= 0.6 is 0 Å². The minimum atomic E-state index is -0.724. The van der Waals surface area contributed by atoms with Gasteiger partial charge >= 0.3 is 0 Å². The quantitative estimate of drug-likeness (QED) is 0.533. The zero-order valence-electron chi connectivity index (χ0n) is 15.9. The highest BCUT2D eigenvalue weighted by Gasteiger charge is 2.13. The SMILES string of the molecule is Cc1ccc(N/C=C/C(=O)[C@@H](C)Oc2ccc(-c3ccccc3)c(F)c2)cc1. The largest absolute Gasteiger partial charge is 0.482 e. The molecule has 0 heterocycles. The molecule has 0 aliphatic carbocycles. The fourth-order valence-corrected chi connectivity index (χ4v) is 2.69. The normalized spacial score (nSPS) is 12.0. The number of ether oxygens (including phenoxy) is 1.